The lowest BCUT2D eigenvalue weighted by Gasteiger charge is -2.22. The van der Waals surface area contributed by atoms with Crippen LogP contribution in [0.15, 0.2) is 27.4 Å². The maximum atomic E-state index is 11.4. The Morgan fingerprint density at radius 2 is 2.12 bits per heavy atom. The molecule has 4 heteroatoms. The topological polar surface area (TPSA) is 61.2 Å². The highest BCUT2D eigenvalue weighted by Gasteiger charge is 2.17. The van der Waals surface area contributed by atoms with E-state index in [1.807, 2.05) is 18.2 Å². The number of hydrogen-bond donors (Lipinski definition) is 1. The molecule has 0 aliphatic rings. The Kier molecular flexibility index (Phi) is 2.83. The second-order valence-corrected chi connectivity index (χ2v) is 5.27. The molecule has 2 rings (SSSR count). The van der Waals surface area contributed by atoms with Gasteiger partial charge in [0.15, 0.2) is 5.58 Å². The fourth-order valence-corrected chi connectivity index (χ4v) is 1.91. The number of rotatable bonds is 3. The Labute approximate surface area is 100 Å². The fraction of sp³-hybridized carbons (Fsp3) is 0.462. The van der Waals surface area contributed by atoms with E-state index in [1.165, 1.54) is 4.57 Å². The monoisotopic (exact) mass is 234 g/mol. The molecule has 0 aliphatic heterocycles. The van der Waals surface area contributed by atoms with Crippen LogP contribution in [0.4, 0.5) is 0 Å². The molecule has 0 bridgehead atoms. The van der Waals surface area contributed by atoms with E-state index in [0.29, 0.717) is 12.1 Å². The first-order chi connectivity index (χ1) is 7.93. The second-order valence-electron chi connectivity index (χ2n) is 5.27. The van der Waals surface area contributed by atoms with Crippen molar-refractivity contribution in [3.8, 4) is 0 Å². The smallest absolute Gasteiger partial charge is 0.408 e. The highest BCUT2D eigenvalue weighted by Crippen LogP contribution is 2.22. The Hall–Kier alpha value is -1.55. The van der Waals surface area contributed by atoms with E-state index in [4.69, 9.17) is 10.2 Å². The molecule has 0 radical (unpaired) electrons. The Morgan fingerprint density at radius 1 is 1.41 bits per heavy atom. The van der Waals surface area contributed by atoms with Crippen molar-refractivity contribution in [1.29, 1.82) is 0 Å². The van der Waals surface area contributed by atoms with Crippen molar-refractivity contribution >= 4 is 11.1 Å². The van der Waals surface area contributed by atoms with Gasteiger partial charge in [0.1, 0.15) is 0 Å². The van der Waals surface area contributed by atoms with Crippen molar-refractivity contribution in [2.24, 2.45) is 18.2 Å². The quantitative estimate of drug-likeness (QED) is 0.878. The molecule has 1 aromatic heterocycles. The third kappa shape index (κ3) is 2.26. The number of benzene rings is 1. The standard InChI is InChI=1S/C13H18N2O2/c1-13(2,8-14)7-9-4-5-10-11(6-9)17-12(16)15(10)3/h4-6H,7-8,14H2,1-3H3. The van der Waals surface area contributed by atoms with Gasteiger partial charge in [0.2, 0.25) is 0 Å². The van der Waals surface area contributed by atoms with Crippen LogP contribution in [0.1, 0.15) is 19.4 Å². The van der Waals surface area contributed by atoms with E-state index in [-0.39, 0.29) is 11.2 Å². The van der Waals surface area contributed by atoms with Gasteiger partial charge in [-0.2, -0.15) is 0 Å². The van der Waals surface area contributed by atoms with Crippen LogP contribution in [-0.4, -0.2) is 11.1 Å². The first kappa shape index (κ1) is 11.9. The van der Waals surface area contributed by atoms with Crippen LogP contribution in [0, 0.1) is 5.41 Å². The van der Waals surface area contributed by atoms with Crippen molar-refractivity contribution in [2.45, 2.75) is 20.3 Å². The SMILES string of the molecule is Cn1c(=O)oc2cc(CC(C)(C)CN)ccc21. The molecule has 1 heterocycles. The number of fused-ring (bicyclic) bond motifs is 1. The number of aromatic nitrogens is 1. The molecular weight excluding hydrogens is 216 g/mol. The lowest BCUT2D eigenvalue weighted by atomic mass is 9.86. The summed E-state index contributed by atoms with van der Waals surface area (Å²) in [6.45, 7) is 4.88. The summed E-state index contributed by atoms with van der Waals surface area (Å²) in [5.74, 6) is -0.324. The minimum Gasteiger partial charge on any atom is -0.408 e. The molecule has 0 aliphatic carbocycles. The summed E-state index contributed by atoms with van der Waals surface area (Å²) >= 11 is 0. The lowest BCUT2D eigenvalue weighted by Crippen LogP contribution is -2.25. The lowest BCUT2D eigenvalue weighted by molar-refractivity contribution is 0.377. The van der Waals surface area contributed by atoms with Crippen LogP contribution in [0.2, 0.25) is 0 Å². The van der Waals surface area contributed by atoms with E-state index in [0.717, 1.165) is 17.5 Å². The van der Waals surface area contributed by atoms with Gasteiger partial charge in [-0.05, 0) is 36.1 Å². The molecule has 17 heavy (non-hydrogen) atoms. The molecule has 92 valence electrons. The predicted octanol–water partition coefficient (Wildman–Crippen LogP) is 1.66. The maximum absolute atomic E-state index is 11.4. The van der Waals surface area contributed by atoms with Gasteiger partial charge in [-0.1, -0.05) is 19.9 Å². The molecule has 0 saturated carbocycles. The number of nitrogens with two attached hydrogens (primary N) is 1. The fourth-order valence-electron chi connectivity index (χ4n) is 1.91. The maximum Gasteiger partial charge on any atom is 0.419 e. The van der Waals surface area contributed by atoms with Crippen molar-refractivity contribution in [2.75, 3.05) is 6.54 Å². The summed E-state index contributed by atoms with van der Waals surface area (Å²) in [5, 5.41) is 0. The largest absolute Gasteiger partial charge is 0.419 e. The molecule has 0 atom stereocenters. The zero-order chi connectivity index (χ0) is 12.6. The van der Waals surface area contributed by atoms with Gasteiger partial charge in [0, 0.05) is 7.05 Å². The molecule has 0 amide bonds. The van der Waals surface area contributed by atoms with E-state index in [2.05, 4.69) is 13.8 Å². The molecule has 1 aromatic carbocycles. The van der Waals surface area contributed by atoms with Crippen LogP contribution in [0.25, 0.3) is 11.1 Å². The number of hydrogen-bond acceptors (Lipinski definition) is 3. The summed E-state index contributed by atoms with van der Waals surface area (Å²) in [6.07, 6.45) is 0.873. The highest BCUT2D eigenvalue weighted by atomic mass is 16.4. The zero-order valence-corrected chi connectivity index (χ0v) is 10.5. The van der Waals surface area contributed by atoms with E-state index >= 15 is 0 Å². The average molecular weight is 234 g/mol. The second kappa shape index (κ2) is 4.04. The molecule has 0 fully saturated rings. The summed E-state index contributed by atoms with van der Waals surface area (Å²) in [4.78, 5) is 11.4. The van der Waals surface area contributed by atoms with Crippen LogP contribution in [0.3, 0.4) is 0 Å². The van der Waals surface area contributed by atoms with E-state index in [9.17, 15) is 4.79 Å². The minimum atomic E-state index is -0.324. The molecule has 2 N–H and O–H groups in total. The molecule has 2 aromatic rings. The van der Waals surface area contributed by atoms with Crippen LogP contribution in [0.5, 0.6) is 0 Å². The first-order valence-corrected chi connectivity index (χ1v) is 5.71. The molecular formula is C13H18N2O2. The van der Waals surface area contributed by atoms with Gasteiger partial charge in [0.05, 0.1) is 5.52 Å². The summed E-state index contributed by atoms with van der Waals surface area (Å²) in [7, 11) is 1.71. The van der Waals surface area contributed by atoms with Crippen molar-refractivity contribution < 1.29 is 4.42 Å². The highest BCUT2D eigenvalue weighted by molar-refractivity contribution is 5.73. The Balaban J connectivity index is 2.42. The van der Waals surface area contributed by atoms with Crippen molar-refractivity contribution in [3.05, 3.63) is 34.3 Å². The van der Waals surface area contributed by atoms with Gasteiger partial charge in [-0.25, -0.2) is 4.79 Å². The third-order valence-corrected chi connectivity index (χ3v) is 3.09. The normalized spacial score (nSPS) is 12.2. The molecule has 0 unspecified atom stereocenters. The van der Waals surface area contributed by atoms with Crippen LogP contribution in [-0.2, 0) is 13.5 Å². The average Bonchev–Trinajstić information content (AvgIpc) is 2.54. The van der Waals surface area contributed by atoms with Gasteiger partial charge in [-0.3, -0.25) is 4.57 Å². The summed E-state index contributed by atoms with van der Waals surface area (Å²) in [5.41, 5.74) is 8.38. The number of oxazole rings is 1. The van der Waals surface area contributed by atoms with Gasteiger partial charge in [0.25, 0.3) is 0 Å². The Morgan fingerprint density at radius 3 is 2.76 bits per heavy atom. The third-order valence-electron chi connectivity index (χ3n) is 3.09. The van der Waals surface area contributed by atoms with Crippen molar-refractivity contribution in [1.82, 2.24) is 4.57 Å². The zero-order valence-electron chi connectivity index (χ0n) is 10.5. The summed E-state index contributed by atoms with van der Waals surface area (Å²) in [6, 6.07) is 5.87. The predicted molar refractivity (Wildman–Crippen MR) is 68.0 cm³/mol. The molecule has 0 saturated heterocycles. The molecule has 4 nitrogen and oxygen atoms in total. The summed E-state index contributed by atoms with van der Waals surface area (Å²) < 4.78 is 6.67. The van der Waals surface area contributed by atoms with Crippen LogP contribution >= 0.6 is 0 Å². The van der Waals surface area contributed by atoms with Gasteiger partial charge in [-0.15, -0.1) is 0 Å². The number of nitrogens with zero attached hydrogens (tertiary/aromatic N) is 1. The first-order valence-electron chi connectivity index (χ1n) is 5.71. The molecule has 0 spiro atoms. The minimum absolute atomic E-state index is 0.0583. The number of aryl methyl sites for hydroxylation is 1. The van der Waals surface area contributed by atoms with Crippen LogP contribution < -0.4 is 11.5 Å². The Bertz CT molecular complexity index is 593. The van der Waals surface area contributed by atoms with Gasteiger partial charge < -0.3 is 10.2 Å². The van der Waals surface area contributed by atoms with Gasteiger partial charge >= 0.3 is 5.76 Å². The van der Waals surface area contributed by atoms with E-state index < -0.39 is 0 Å². The van der Waals surface area contributed by atoms with Crippen molar-refractivity contribution in [3.63, 3.8) is 0 Å². The van der Waals surface area contributed by atoms with E-state index in [1.54, 1.807) is 7.05 Å².